The lowest BCUT2D eigenvalue weighted by molar-refractivity contribution is -0.389. The lowest BCUT2D eigenvalue weighted by Crippen LogP contribution is -2.50. The van der Waals surface area contributed by atoms with Crippen molar-refractivity contribution >= 4 is 17.4 Å². The Bertz CT molecular complexity index is 707. The zero-order valence-corrected chi connectivity index (χ0v) is 13.3. The van der Waals surface area contributed by atoms with Gasteiger partial charge in [0.25, 0.3) is 0 Å². The van der Waals surface area contributed by atoms with Crippen molar-refractivity contribution in [1.82, 2.24) is 19.4 Å². The molecule has 0 spiro atoms. The molecule has 3 heterocycles. The van der Waals surface area contributed by atoms with Gasteiger partial charge in [-0.25, -0.2) is 4.98 Å². The van der Waals surface area contributed by atoms with Crippen molar-refractivity contribution in [2.24, 2.45) is 0 Å². The number of hydrogen-bond acceptors (Lipinski definition) is 6. The van der Waals surface area contributed by atoms with Gasteiger partial charge in [-0.15, -0.1) is 0 Å². The van der Waals surface area contributed by atoms with Crippen LogP contribution in [0.1, 0.15) is 13.0 Å². The lowest BCUT2D eigenvalue weighted by atomic mass is 10.2. The van der Waals surface area contributed by atoms with Gasteiger partial charge in [-0.3, -0.25) is 4.79 Å². The number of imidazole rings is 1. The maximum atomic E-state index is 12.5. The number of carbonyl (C=O) groups is 1. The molecule has 0 aromatic carbocycles. The zero-order valence-electron chi connectivity index (χ0n) is 13.3. The van der Waals surface area contributed by atoms with Gasteiger partial charge in [-0.2, -0.15) is 0 Å². The molecule has 3 rings (SSSR count). The van der Waals surface area contributed by atoms with E-state index < -0.39 is 4.92 Å². The van der Waals surface area contributed by atoms with E-state index in [0.717, 1.165) is 5.69 Å². The van der Waals surface area contributed by atoms with Crippen LogP contribution in [-0.4, -0.2) is 56.4 Å². The van der Waals surface area contributed by atoms with E-state index in [0.29, 0.717) is 26.2 Å². The minimum absolute atomic E-state index is 0.0643. The third kappa shape index (κ3) is 3.19. The lowest BCUT2D eigenvalue weighted by Gasteiger charge is -2.36. The molecular weight excluding hydrogens is 312 g/mol. The average Bonchev–Trinajstić information content (AvgIpc) is 3.15. The van der Waals surface area contributed by atoms with Crippen LogP contribution in [0.25, 0.3) is 0 Å². The number of rotatable bonds is 4. The van der Waals surface area contributed by atoms with E-state index >= 15 is 0 Å². The van der Waals surface area contributed by atoms with Crippen molar-refractivity contribution in [3.63, 3.8) is 0 Å². The second-order valence-corrected chi connectivity index (χ2v) is 5.63. The van der Waals surface area contributed by atoms with Gasteiger partial charge in [-0.05, 0) is 22.9 Å². The van der Waals surface area contributed by atoms with E-state index in [9.17, 15) is 14.9 Å². The molecule has 1 amide bonds. The Labute approximate surface area is 138 Å². The fraction of sp³-hybridized carbons (Fsp3) is 0.400. The first-order valence-electron chi connectivity index (χ1n) is 7.68. The molecule has 1 fully saturated rings. The molecule has 0 bridgehead atoms. The number of nitrogens with zero attached hydrogens (tertiary/aromatic N) is 6. The van der Waals surface area contributed by atoms with E-state index in [4.69, 9.17) is 0 Å². The molecule has 24 heavy (non-hydrogen) atoms. The molecule has 0 aliphatic carbocycles. The predicted molar refractivity (Wildman–Crippen MR) is 86.6 cm³/mol. The Balaban J connectivity index is 1.59. The largest absolute Gasteiger partial charge is 0.365 e. The van der Waals surface area contributed by atoms with Crippen LogP contribution in [-0.2, 0) is 4.79 Å². The molecular formula is C15H18N6O3. The molecule has 126 valence electrons. The minimum atomic E-state index is -0.516. The number of aromatic nitrogens is 3. The Hall–Kier alpha value is -2.97. The Morgan fingerprint density at radius 3 is 2.58 bits per heavy atom. The topological polar surface area (TPSA) is 97.4 Å². The van der Waals surface area contributed by atoms with E-state index in [2.05, 4.69) is 14.9 Å². The second kappa shape index (κ2) is 6.65. The summed E-state index contributed by atoms with van der Waals surface area (Å²) in [7, 11) is 0. The van der Waals surface area contributed by atoms with Gasteiger partial charge in [-0.1, -0.05) is 0 Å². The maximum absolute atomic E-state index is 12.5. The summed E-state index contributed by atoms with van der Waals surface area (Å²) in [6.07, 6.45) is 6.58. The highest BCUT2D eigenvalue weighted by Crippen LogP contribution is 2.19. The van der Waals surface area contributed by atoms with Gasteiger partial charge in [0.2, 0.25) is 5.91 Å². The second-order valence-electron chi connectivity index (χ2n) is 5.63. The number of hydrogen-bond donors (Lipinski definition) is 0. The summed E-state index contributed by atoms with van der Waals surface area (Å²) in [6.45, 7) is 4.41. The van der Waals surface area contributed by atoms with Crippen LogP contribution in [0.3, 0.4) is 0 Å². The normalized spacial score (nSPS) is 16.0. The van der Waals surface area contributed by atoms with Gasteiger partial charge in [0.15, 0.2) is 6.20 Å². The number of piperazine rings is 1. The molecule has 9 heteroatoms. The fourth-order valence-electron chi connectivity index (χ4n) is 2.75. The van der Waals surface area contributed by atoms with Gasteiger partial charge >= 0.3 is 5.82 Å². The Morgan fingerprint density at radius 1 is 1.29 bits per heavy atom. The fourth-order valence-corrected chi connectivity index (χ4v) is 2.75. The van der Waals surface area contributed by atoms with E-state index in [1.54, 1.807) is 29.4 Å². The molecule has 2 aromatic rings. The van der Waals surface area contributed by atoms with Crippen LogP contribution in [0.15, 0.2) is 37.1 Å². The molecule has 0 radical (unpaired) electrons. The van der Waals surface area contributed by atoms with Gasteiger partial charge in [0, 0.05) is 44.6 Å². The molecule has 1 saturated heterocycles. The highest BCUT2D eigenvalue weighted by Gasteiger charge is 2.26. The van der Waals surface area contributed by atoms with Gasteiger partial charge in [0.05, 0.1) is 12.0 Å². The maximum Gasteiger partial charge on any atom is 0.363 e. The van der Waals surface area contributed by atoms with E-state index in [-0.39, 0.29) is 17.8 Å². The molecule has 1 atom stereocenters. The monoisotopic (exact) mass is 330 g/mol. The van der Waals surface area contributed by atoms with Crippen LogP contribution >= 0.6 is 0 Å². The summed E-state index contributed by atoms with van der Waals surface area (Å²) in [5, 5.41) is 10.6. The van der Waals surface area contributed by atoms with Crippen molar-refractivity contribution in [2.45, 2.75) is 13.0 Å². The summed E-state index contributed by atoms with van der Waals surface area (Å²) >= 11 is 0. The Kier molecular flexibility index (Phi) is 4.41. The third-order valence-electron chi connectivity index (χ3n) is 4.21. The number of pyridine rings is 1. The van der Waals surface area contributed by atoms with Crippen molar-refractivity contribution in [3.05, 3.63) is 47.2 Å². The SMILES string of the molecule is C[C@H](C(=O)N1CCN(c2ccc([N+](=O)[O-])nc2)CC1)n1ccnc1. The smallest absolute Gasteiger partial charge is 0.363 e. The first kappa shape index (κ1) is 15.9. The van der Waals surface area contributed by atoms with Crippen molar-refractivity contribution in [2.75, 3.05) is 31.1 Å². The highest BCUT2D eigenvalue weighted by molar-refractivity contribution is 5.80. The molecule has 1 aliphatic heterocycles. The van der Waals surface area contributed by atoms with Crippen LogP contribution in [0.2, 0.25) is 0 Å². The summed E-state index contributed by atoms with van der Waals surface area (Å²) < 4.78 is 1.79. The van der Waals surface area contributed by atoms with Gasteiger partial charge < -0.3 is 24.5 Å². The first-order chi connectivity index (χ1) is 11.6. The first-order valence-corrected chi connectivity index (χ1v) is 7.68. The number of amides is 1. The molecule has 0 N–H and O–H groups in total. The third-order valence-corrected chi connectivity index (χ3v) is 4.21. The highest BCUT2D eigenvalue weighted by atomic mass is 16.6. The zero-order chi connectivity index (χ0) is 17.1. The summed E-state index contributed by atoms with van der Waals surface area (Å²) in [5.74, 6) is -0.101. The summed E-state index contributed by atoms with van der Waals surface area (Å²) in [5.41, 5.74) is 0.829. The summed E-state index contributed by atoms with van der Waals surface area (Å²) in [4.78, 5) is 34.4. The van der Waals surface area contributed by atoms with Crippen molar-refractivity contribution < 1.29 is 9.72 Å². The molecule has 1 aliphatic rings. The molecule has 0 unspecified atom stereocenters. The summed E-state index contributed by atoms with van der Waals surface area (Å²) in [6, 6.07) is 2.81. The van der Waals surface area contributed by atoms with E-state index in [1.807, 2.05) is 11.8 Å². The van der Waals surface area contributed by atoms with Crippen molar-refractivity contribution in [3.8, 4) is 0 Å². The molecule has 9 nitrogen and oxygen atoms in total. The van der Waals surface area contributed by atoms with Gasteiger partial charge in [0.1, 0.15) is 6.04 Å². The Morgan fingerprint density at radius 2 is 2.04 bits per heavy atom. The molecule has 0 saturated carbocycles. The molecule has 2 aromatic heterocycles. The number of nitro groups is 1. The van der Waals surface area contributed by atoms with Crippen molar-refractivity contribution in [1.29, 1.82) is 0 Å². The van der Waals surface area contributed by atoms with E-state index in [1.165, 1.54) is 12.3 Å². The van der Waals surface area contributed by atoms with Crippen LogP contribution in [0.4, 0.5) is 11.5 Å². The van der Waals surface area contributed by atoms with Crippen LogP contribution < -0.4 is 4.90 Å². The average molecular weight is 330 g/mol. The predicted octanol–water partition coefficient (Wildman–Crippen LogP) is 1.10. The quantitative estimate of drug-likeness (QED) is 0.615. The minimum Gasteiger partial charge on any atom is -0.365 e. The van der Waals surface area contributed by atoms with Crippen LogP contribution in [0.5, 0.6) is 0 Å². The standard InChI is InChI=1S/C15H18N6O3/c1-12(20-5-4-16-11-20)15(22)19-8-6-18(7-9-19)13-2-3-14(17-10-13)21(23)24/h2-5,10-12H,6-9H2,1H3/t12-/m1/s1. The van der Waals surface area contributed by atoms with Crippen LogP contribution in [0, 0.1) is 10.1 Å². The number of carbonyl (C=O) groups excluding carboxylic acids is 1. The number of anilines is 1.